The van der Waals surface area contributed by atoms with Gasteiger partial charge in [-0.2, -0.15) is 0 Å². The fourth-order valence-corrected chi connectivity index (χ4v) is 1.23. The van der Waals surface area contributed by atoms with E-state index in [4.69, 9.17) is 5.73 Å². The first-order valence-corrected chi connectivity index (χ1v) is 5.19. The van der Waals surface area contributed by atoms with Gasteiger partial charge in [-0.05, 0) is 12.1 Å². The summed E-state index contributed by atoms with van der Waals surface area (Å²) in [5, 5.41) is 4.86. The minimum atomic E-state index is -0.984. The van der Waals surface area contributed by atoms with Crippen LogP contribution in [0, 0.1) is 11.6 Å². The number of halogens is 2. The van der Waals surface area contributed by atoms with Gasteiger partial charge in [-0.3, -0.25) is 9.59 Å². The Kier molecular flexibility index (Phi) is 4.59. The third-order valence-electron chi connectivity index (χ3n) is 2.13. The van der Waals surface area contributed by atoms with Gasteiger partial charge in [-0.1, -0.05) is 0 Å². The molecular weight excluding hydrogens is 244 g/mol. The van der Waals surface area contributed by atoms with Gasteiger partial charge >= 0.3 is 0 Å². The summed E-state index contributed by atoms with van der Waals surface area (Å²) in [6.07, 6.45) is 0. The number of carbonyl (C=O) groups excluding carboxylic acids is 2. The van der Waals surface area contributed by atoms with Crippen molar-refractivity contribution >= 4 is 17.5 Å². The maximum atomic E-state index is 13.1. The molecule has 0 aliphatic rings. The van der Waals surface area contributed by atoms with E-state index in [1.54, 1.807) is 0 Å². The first-order chi connectivity index (χ1) is 8.41. The monoisotopic (exact) mass is 257 g/mol. The van der Waals surface area contributed by atoms with E-state index in [9.17, 15) is 18.4 Å². The van der Waals surface area contributed by atoms with Crippen molar-refractivity contribution in [3.8, 4) is 0 Å². The summed E-state index contributed by atoms with van der Waals surface area (Å²) in [7, 11) is 0. The summed E-state index contributed by atoms with van der Waals surface area (Å²) in [6.45, 7) is 1.74. The Morgan fingerprint density at radius 2 is 1.67 bits per heavy atom. The Morgan fingerprint density at radius 1 is 1.17 bits per heavy atom. The second-order valence-electron chi connectivity index (χ2n) is 3.59. The van der Waals surface area contributed by atoms with E-state index in [2.05, 4.69) is 10.6 Å². The molecule has 0 bridgehead atoms. The zero-order chi connectivity index (χ0) is 13.7. The molecule has 7 heteroatoms. The second-order valence-corrected chi connectivity index (χ2v) is 3.59. The lowest BCUT2D eigenvalue weighted by Gasteiger charge is -2.07. The van der Waals surface area contributed by atoms with E-state index >= 15 is 0 Å². The number of amides is 2. The van der Waals surface area contributed by atoms with Gasteiger partial charge in [0.05, 0.1) is 0 Å². The molecule has 4 N–H and O–H groups in total. The largest absolute Gasteiger partial charge is 0.394 e. The third-order valence-corrected chi connectivity index (χ3v) is 2.13. The van der Waals surface area contributed by atoms with Gasteiger partial charge in [0, 0.05) is 25.6 Å². The molecule has 0 aliphatic heterocycles. The number of nitrogens with two attached hydrogens (primary N) is 1. The highest BCUT2D eigenvalue weighted by atomic mass is 19.1. The Labute approximate surface area is 102 Å². The molecule has 2 amide bonds. The van der Waals surface area contributed by atoms with Gasteiger partial charge in [0.25, 0.3) is 5.91 Å². The lowest BCUT2D eigenvalue weighted by Crippen LogP contribution is -2.33. The van der Waals surface area contributed by atoms with Crippen LogP contribution in [0.3, 0.4) is 0 Å². The van der Waals surface area contributed by atoms with E-state index in [0.717, 1.165) is 12.1 Å². The van der Waals surface area contributed by atoms with Crippen LogP contribution in [0.2, 0.25) is 0 Å². The summed E-state index contributed by atoms with van der Waals surface area (Å²) >= 11 is 0. The number of anilines is 1. The van der Waals surface area contributed by atoms with Crippen molar-refractivity contribution in [2.75, 3.05) is 18.8 Å². The van der Waals surface area contributed by atoms with E-state index in [-0.39, 0.29) is 24.6 Å². The van der Waals surface area contributed by atoms with Crippen molar-refractivity contribution in [3.05, 3.63) is 29.3 Å². The number of nitrogen functional groups attached to an aromatic ring is 1. The molecule has 0 saturated heterocycles. The smallest absolute Gasteiger partial charge is 0.251 e. The van der Waals surface area contributed by atoms with Crippen LogP contribution in [-0.4, -0.2) is 24.9 Å². The Balaban J connectivity index is 2.59. The topological polar surface area (TPSA) is 84.2 Å². The Bertz CT molecular complexity index is 454. The van der Waals surface area contributed by atoms with Gasteiger partial charge in [-0.15, -0.1) is 0 Å². The number of hydrogen-bond acceptors (Lipinski definition) is 3. The Hall–Kier alpha value is -2.18. The number of carbonyl (C=O) groups is 2. The molecule has 0 heterocycles. The quantitative estimate of drug-likeness (QED) is 0.539. The normalized spacial score (nSPS) is 9.94. The van der Waals surface area contributed by atoms with Crippen molar-refractivity contribution in [1.82, 2.24) is 10.6 Å². The van der Waals surface area contributed by atoms with Crippen LogP contribution in [-0.2, 0) is 4.79 Å². The molecule has 0 fully saturated rings. The van der Waals surface area contributed by atoms with E-state index < -0.39 is 23.2 Å². The van der Waals surface area contributed by atoms with Crippen LogP contribution in [0.4, 0.5) is 14.5 Å². The van der Waals surface area contributed by atoms with E-state index in [1.165, 1.54) is 6.92 Å². The summed E-state index contributed by atoms with van der Waals surface area (Å²) in [5.74, 6) is -2.84. The zero-order valence-electron chi connectivity index (χ0n) is 9.72. The van der Waals surface area contributed by atoms with Crippen LogP contribution in [0.25, 0.3) is 0 Å². The van der Waals surface area contributed by atoms with E-state index in [0.29, 0.717) is 0 Å². The van der Waals surface area contributed by atoms with Crippen LogP contribution < -0.4 is 16.4 Å². The molecule has 0 saturated carbocycles. The SMILES string of the molecule is CC(=O)NCCNC(=O)c1cc(F)c(N)c(F)c1. The Morgan fingerprint density at radius 3 is 2.17 bits per heavy atom. The lowest BCUT2D eigenvalue weighted by molar-refractivity contribution is -0.118. The van der Waals surface area contributed by atoms with Crippen LogP contribution >= 0.6 is 0 Å². The van der Waals surface area contributed by atoms with Crippen molar-refractivity contribution in [2.45, 2.75) is 6.92 Å². The van der Waals surface area contributed by atoms with Crippen LogP contribution in [0.1, 0.15) is 17.3 Å². The highest BCUT2D eigenvalue weighted by molar-refractivity contribution is 5.94. The maximum absolute atomic E-state index is 13.1. The van der Waals surface area contributed by atoms with Crippen molar-refractivity contribution < 1.29 is 18.4 Å². The zero-order valence-corrected chi connectivity index (χ0v) is 9.72. The number of rotatable bonds is 4. The van der Waals surface area contributed by atoms with Crippen molar-refractivity contribution in [2.24, 2.45) is 0 Å². The van der Waals surface area contributed by atoms with Gasteiger partial charge < -0.3 is 16.4 Å². The molecule has 0 atom stereocenters. The highest BCUT2D eigenvalue weighted by Crippen LogP contribution is 2.16. The predicted molar refractivity (Wildman–Crippen MR) is 61.8 cm³/mol. The predicted octanol–water partition coefficient (Wildman–Crippen LogP) is 0.413. The van der Waals surface area contributed by atoms with E-state index in [1.807, 2.05) is 0 Å². The third kappa shape index (κ3) is 3.69. The molecule has 0 unspecified atom stereocenters. The fourth-order valence-electron chi connectivity index (χ4n) is 1.23. The molecule has 0 aliphatic carbocycles. The first-order valence-electron chi connectivity index (χ1n) is 5.19. The summed E-state index contributed by atoms with van der Waals surface area (Å²) < 4.78 is 26.2. The van der Waals surface area contributed by atoms with Crippen molar-refractivity contribution in [1.29, 1.82) is 0 Å². The molecule has 0 spiro atoms. The van der Waals surface area contributed by atoms with Crippen LogP contribution in [0.15, 0.2) is 12.1 Å². The lowest BCUT2D eigenvalue weighted by atomic mass is 10.1. The average Bonchev–Trinajstić information content (AvgIpc) is 2.30. The molecule has 98 valence electrons. The summed E-state index contributed by atoms with van der Waals surface area (Å²) in [4.78, 5) is 22.1. The second kappa shape index (κ2) is 5.95. The molecule has 18 heavy (non-hydrogen) atoms. The molecular formula is C11H13F2N3O2. The maximum Gasteiger partial charge on any atom is 0.251 e. The van der Waals surface area contributed by atoms with Gasteiger partial charge in [-0.25, -0.2) is 8.78 Å². The number of benzene rings is 1. The minimum Gasteiger partial charge on any atom is -0.394 e. The fraction of sp³-hybridized carbons (Fsp3) is 0.273. The van der Waals surface area contributed by atoms with Gasteiger partial charge in [0.15, 0.2) is 0 Å². The van der Waals surface area contributed by atoms with Crippen LogP contribution in [0.5, 0.6) is 0 Å². The molecule has 0 radical (unpaired) electrons. The molecule has 0 aromatic heterocycles. The van der Waals surface area contributed by atoms with Gasteiger partial charge in [0.2, 0.25) is 5.91 Å². The highest BCUT2D eigenvalue weighted by Gasteiger charge is 2.12. The molecule has 1 rings (SSSR count). The van der Waals surface area contributed by atoms with Crippen molar-refractivity contribution in [3.63, 3.8) is 0 Å². The number of nitrogens with one attached hydrogen (secondary N) is 2. The average molecular weight is 257 g/mol. The molecule has 1 aromatic rings. The molecule has 5 nitrogen and oxygen atoms in total. The summed E-state index contributed by atoms with van der Waals surface area (Å²) in [6, 6.07) is 1.71. The van der Waals surface area contributed by atoms with Gasteiger partial charge in [0.1, 0.15) is 17.3 Å². The number of hydrogen-bond donors (Lipinski definition) is 3. The standard InChI is InChI=1S/C11H13F2N3O2/c1-6(17)15-2-3-16-11(18)7-4-8(12)10(14)9(13)5-7/h4-5H,2-3,14H2,1H3,(H,15,17)(H,16,18). The summed E-state index contributed by atoms with van der Waals surface area (Å²) in [5.41, 5.74) is 4.29. The minimum absolute atomic E-state index is 0.159. The molecule has 1 aromatic carbocycles. The first kappa shape index (κ1) is 13.9.